The number of rotatable bonds is 5. The van der Waals surface area contributed by atoms with Gasteiger partial charge in [0, 0.05) is 11.4 Å². The summed E-state index contributed by atoms with van der Waals surface area (Å²) >= 11 is 0. The van der Waals surface area contributed by atoms with Crippen molar-refractivity contribution in [3.05, 3.63) is 54.0 Å². The van der Waals surface area contributed by atoms with Crippen molar-refractivity contribution in [3.8, 4) is 0 Å². The van der Waals surface area contributed by atoms with Crippen molar-refractivity contribution < 1.29 is 9.90 Å². The standard InChI is InChI=1S/C15H14N6O2/c1-9-13(15(22)23)14(21-20-9)19-12-8-16-7-11(18-12)17-10-5-3-2-4-6-10/h2-8H,1H3,(H,22,23)(H3,17,18,19,20,21). The van der Waals surface area contributed by atoms with Crippen LogP contribution in [0.5, 0.6) is 0 Å². The highest BCUT2D eigenvalue weighted by atomic mass is 16.4. The van der Waals surface area contributed by atoms with Gasteiger partial charge in [0.05, 0.1) is 12.4 Å². The molecule has 0 fully saturated rings. The van der Waals surface area contributed by atoms with E-state index in [-0.39, 0.29) is 11.4 Å². The number of carbonyl (C=O) groups is 1. The van der Waals surface area contributed by atoms with E-state index in [1.54, 1.807) is 13.1 Å². The predicted molar refractivity (Wildman–Crippen MR) is 85.3 cm³/mol. The van der Waals surface area contributed by atoms with Crippen LogP contribution in [0.25, 0.3) is 0 Å². The maximum absolute atomic E-state index is 11.3. The minimum absolute atomic E-state index is 0.0771. The Labute approximate surface area is 131 Å². The lowest BCUT2D eigenvalue weighted by Gasteiger charge is -2.07. The number of aryl methyl sites for hydroxylation is 1. The highest BCUT2D eigenvalue weighted by Gasteiger charge is 2.17. The predicted octanol–water partition coefficient (Wildman–Crippen LogP) is 2.69. The molecule has 4 N–H and O–H groups in total. The molecule has 0 amide bonds. The lowest BCUT2D eigenvalue weighted by Crippen LogP contribution is -2.04. The van der Waals surface area contributed by atoms with Gasteiger partial charge in [0.25, 0.3) is 0 Å². The molecule has 2 heterocycles. The lowest BCUT2D eigenvalue weighted by atomic mass is 10.2. The average Bonchev–Trinajstić information content (AvgIpc) is 2.89. The van der Waals surface area contributed by atoms with E-state index in [0.717, 1.165) is 5.69 Å². The summed E-state index contributed by atoms with van der Waals surface area (Å²) in [4.78, 5) is 19.7. The van der Waals surface area contributed by atoms with Crippen molar-refractivity contribution >= 4 is 29.1 Å². The molecule has 23 heavy (non-hydrogen) atoms. The first-order chi connectivity index (χ1) is 11.1. The molecule has 0 aliphatic heterocycles. The van der Waals surface area contributed by atoms with Crippen LogP contribution in [0.15, 0.2) is 42.7 Å². The number of carboxylic acid groups (broad SMARTS) is 1. The van der Waals surface area contributed by atoms with Crippen molar-refractivity contribution in [2.24, 2.45) is 0 Å². The summed E-state index contributed by atoms with van der Waals surface area (Å²) in [6.07, 6.45) is 3.07. The van der Waals surface area contributed by atoms with Crippen molar-refractivity contribution in [1.29, 1.82) is 0 Å². The minimum atomic E-state index is -1.06. The third kappa shape index (κ3) is 3.26. The topological polar surface area (TPSA) is 116 Å². The highest BCUT2D eigenvalue weighted by Crippen LogP contribution is 2.21. The Kier molecular flexibility index (Phi) is 3.88. The van der Waals surface area contributed by atoms with Crippen LogP contribution in [0.2, 0.25) is 0 Å². The molecule has 0 saturated carbocycles. The Morgan fingerprint density at radius 2 is 1.83 bits per heavy atom. The molecule has 0 spiro atoms. The number of aromatic carboxylic acids is 1. The zero-order valence-corrected chi connectivity index (χ0v) is 12.2. The minimum Gasteiger partial charge on any atom is -0.477 e. The third-order valence-corrected chi connectivity index (χ3v) is 3.09. The van der Waals surface area contributed by atoms with Gasteiger partial charge >= 0.3 is 5.97 Å². The molecule has 3 rings (SSSR count). The molecule has 0 unspecified atom stereocenters. The Bertz CT molecular complexity index is 831. The van der Waals surface area contributed by atoms with Crippen LogP contribution in [0.1, 0.15) is 16.1 Å². The summed E-state index contributed by atoms with van der Waals surface area (Å²) in [6.45, 7) is 1.64. The normalized spacial score (nSPS) is 10.3. The second kappa shape index (κ2) is 6.14. The summed E-state index contributed by atoms with van der Waals surface area (Å²) in [7, 11) is 0. The van der Waals surface area contributed by atoms with Crippen molar-refractivity contribution in [2.75, 3.05) is 10.6 Å². The van der Waals surface area contributed by atoms with Crippen LogP contribution in [-0.2, 0) is 0 Å². The van der Waals surface area contributed by atoms with Crippen LogP contribution < -0.4 is 10.6 Å². The first kappa shape index (κ1) is 14.5. The zero-order chi connectivity index (χ0) is 16.2. The summed E-state index contributed by atoms with van der Waals surface area (Å²) in [6, 6.07) is 9.54. The van der Waals surface area contributed by atoms with E-state index >= 15 is 0 Å². The molecule has 0 aliphatic carbocycles. The molecule has 8 heteroatoms. The van der Waals surface area contributed by atoms with Crippen molar-refractivity contribution in [2.45, 2.75) is 6.92 Å². The van der Waals surface area contributed by atoms with E-state index in [4.69, 9.17) is 0 Å². The van der Waals surface area contributed by atoms with Crippen LogP contribution in [-0.4, -0.2) is 31.2 Å². The van der Waals surface area contributed by atoms with Crippen molar-refractivity contribution in [1.82, 2.24) is 20.2 Å². The number of hydrogen-bond donors (Lipinski definition) is 4. The number of benzene rings is 1. The number of para-hydroxylation sites is 1. The molecule has 116 valence electrons. The Hall–Kier alpha value is -3.42. The molecule has 0 bridgehead atoms. The molecule has 8 nitrogen and oxygen atoms in total. The molecule has 2 aromatic heterocycles. The number of anilines is 4. The second-order valence-corrected chi connectivity index (χ2v) is 4.78. The number of hydrogen-bond acceptors (Lipinski definition) is 6. The number of nitrogens with one attached hydrogen (secondary N) is 3. The van der Waals surface area contributed by atoms with Gasteiger partial charge in [-0.15, -0.1) is 0 Å². The fraction of sp³-hybridized carbons (Fsp3) is 0.0667. The summed E-state index contributed by atoms with van der Waals surface area (Å²) in [5, 5.41) is 21.8. The molecular weight excluding hydrogens is 296 g/mol. The monoisotopic (exact) mass is 310 g/mol. The van der Waals surface area contributed by atoms with E-state index in [2.05, 4.69) is 30.8 Å². The number of carboxylic acids is 1. The first-order valence-corrected chi connectivity index (χ1v) is 6.83. The van der Waals surface area contributed by atoms with Crippen LogP contribution in [0.3, 0.4) is 0 Å². The highest BCUT2D eigenvalue weighted by molar-refractivity contribution is 5.95. The van der Waals surface area contributed by atoms with E-state index in [1.165, 1.54) is 6.20 Å². The Morgan fingerprint density at radius 3 is 2.52 bits per heavy atom. The van der Waals surface area contributed by atoms with Gasteiger partial charge in [0.15, 0.2) is 17.5 Å². The zero-order valence-electron chi connectivity index (χ0n) is 12.2. The van der Waals surface area contributed by atoms with E-state index in [9.17, 15) is 9.90 Å². The molecule has 1 aromatic carbocycles. The van der Waals surface area contributed by atoms with Gasteiger partial charge in [0.2, 0.25) is 0 Å². The Morgan fingerprint density at radius 1 is 1.13 bits per heavy atom. The molecule has 3 aromatic rings. The maximum atomic E-state index is 11.3. The molecular formula is C15H14N6O2. The van der Waals surface area contributed by atoms with E-state index in [0.29, 0.717) is 17.3 Å². The fourth-order valence-electron chi connectivity index (χ4n) is 2.06. The van der Waals surface area contributed by atoms with Gasteiger partial charge in [-0.2, -0.15) is 5.10 Å². The molecule has 0 atom stereocenters. The molecule has 0 saturated heterocycles. The average molecular weight is 310 g/mol. The van der Waals surface area contributed by atoms with Gasteiger partial charge in [-0.3, -0.25) is 10.1 Å². The van der Waals surface area contributed by atoms with Crippen LogP contribution in [0.4, 0.5) is 23.1 Å². The fourth-order valence-corrected chi connectivity index (χ4v) is 2.06. The van der Waals surface area contributed by atoms with Crippen LogP contribution in [0, 0.1) is 6.92 Å². The smallest absolute Gasteiger partial charge is 0.341 e. The van der Waals surface area contributed by atoms with Gasteiger partial charge in [0.1, 0.15) is 5.56 Å². The Balaban J connectivity index is 1.82. The maximum Gasteiger partial charge on any atom is 0.341 e. The number of H-pyrrole nitrogens is 1. The van der Waals surface area contributed by atoms with E-state index < -0.39 is 5.97 Å². The SMILES string of the molecule is Cc1[nH]nc(Nc2cncc(Nc3ccccc3)n2)c1C(=O)O. The van der Waals surface area contributed by atoms with Crippen molar-refractivity contribution in [3.63, 3.8) is 0 Å². The third-order valence-electron chi connectivity index (χ3n) is 3.09. The van der Waals surface area contributed by atoms with Gasteiger partial charge in [-0.1, -0.05) is 18.2 Å². The van der Waals surface area contributed by atoms with Gasteiger partial charge in [-0.05, 0) is 19.1 Å². The number of aromatic nitrogens is 4. The second-order valence-electron chi connectivity index (χ2n) is 4.78. The largest absolute Gasteiger partial charge is 0.477 e. The first-order valence-electron chi connectivity index (χ1n) is 6.83. The van der Waals surface area contributed by atoms with E-state index in [1.807, 2.05) is 30.3 Å². The van der Waals surface area contributed by atoms with Gasteiger partial charge < -0.3 is 15.7 Å². The van der Waals surface area contributed by atoms with Crippen LogP contribution >= 0.6 is 0 Å². The lowest BCUT2D eigenvalue weighted by molar-refractivity contribution is 0.0697. The number of aromatic amines is 1. The summed E-state index contributed by atoms with van der Waals surface area (Å²) in [5.41, 5.74) is 1.42. The summed E-state index contributed by atoms with van der Waals surface area (Å²) < 4.78 is 0. The quantitative estimate of drug-likeness (QED) is 0.572. The molecule has 0 aliphatic rings. The molecule has 0 radical (unpaired) electrons. The summed E-state index contributed by atoms with van der Waals surface area (Å²) in [5.74, 6) is 0.0525. The number of nitrogens with zero attached hydrogens (tertiary/aromatic N) is 3. The van der Waals surface area contributed by atoms with Gasteiger partial charge in [-0.25, -0.2) is 9.78 Å².